The highest BCUT2D eigenvalue weighted by Crippen LogP contribution is 2.20. The predicted octanol–water partition coefficient (Wildman–Crippen LogP) is 4.85. The van der Waals surface area contributed by atoms with Gasteiger partial charge in [0.2, 0.25) is 0 Å². The van der Waals surface area contributed by atoms with Gasteiger partial charge in [-0.2, -0.15) is 0 Å². The highest BCUT2D eigenvalue weighted by molar-refractivity contribution is 6.31. The minimum atomic E-state index is -0.282. The minimum absolute atomic E-state index is 0.172. The predicted molar refractivity (Wildman–Crippen MR) is 82.9 cm³/mol. The van der Waals surface area contributed by atoms with Crippen LogP contribution in [0.2, 0.25) is 10.0 Å². The van der Waals surface area contributed by atoms with E-state index in [0.29, 0.717) is 17.1 Å². The second-order valence-corrected chi connectivity index (χ2v) is 5.59. The molecule has 2 aromatic rings. The lowest BCUT2D eigenvalue weighted by Crippen LogP contribution is -2.28. The fourth-order valence-electron chi connectivity index (χ4n) is 2.04. The van der Waals surface area contributed by atoms with Crippen molar-refractivity contribution < 1.29 is 4.39 Å². The number of halogens is 3. The first-order valence-electron chi connectivity index (χ1n) is 6.47. The molecule has 0 heterocycles. The van der Waals surface area contributed by atoms with Crippen LogP contribution in [0.15, 0.2) is 42.5 Å². The van der Waals surface area contributed by atoms with E-state index in [-0.39, 0.29) is 11.9 Å². The Balaban J connectivity index is 1.96. The van der Waals surface area contributed by atoms with Crippen LogP contribution in [0.1, 0.15) is 18.1 Å². The van der Waals surface area contributed by atoms with Crippen molar-refractivity contribution in [1.82, 2.24) is 5.32 Å². The van der Waals surface area contributed by atoms with Crippen molar-refractivity contribution in [2.24, 2.45) is 0 Å². The van der Waals surface area contributed by atoms with E-state index in [2.05, 4.69) is 5.32 Å². The molecule has 0 radical (unpaired) electrons. The Kier molecular flexibility index (Phi) is 5.41. The van der Waals surface area contributed by atoms with Crippen LogP contribution in [0.5, 0.6) is 0 Å². The van der Waals surface area contributed by atoms with Gasteiger partial charge in [-0.15, -0.1) is 0 Å². The van der Waals surface area contributed by atoms with E-state index in [9.17, 15) is 4.39 Å². The summed E-state index contributed by atoms with van der Waals surface area (Å²) in [6.07, 6.45) is 0.783. The van der Waals surface area contributed by atoms with Gasteiger partial charge in [0, 0.05) is 28.2 Å². The summed E-state index contributed by atoms with van der Waals surface area (Å²) in [6.45, 7) is 2.44. The molecule has 0 aliphatic heterocycles. The van der Waals surface area contributed by atoms with E-state index in [0.717, 1.165) is 17.0 Å². The van der Waals surface area contributed by atoms with Crippen molar-refractivity contribution in [2.45, 2.75) is 25.9 Å². The molecule has 0 saturated carbocycles. The normalized spacial score (nSPS) is 12.4. The first kappa shape index (κ1) is 15.3. The lowest BCUT2D eigenvalue weighted by atomic mass is 10.1. The average molecular weight is 312 g/mol. The van der Waals surface area contributed by atoms with E-state index in [1.807, 2.05) is 31.2 Å². The van der Waals surface area contributed by atoms with Gasteiger partial charge in [-0.05, 0) is 37.1 Å². The average Bonchev–Trinajstić information content (AvgIpc) is 2.41. The van der Waals surface area contributed by atoms with Crippen LogP contribution >= 0.6 is 23.2 Å². The number of hydrogen-bond acceptors (Lipinski definition) is 1. The minimum Gasteiger partial charge on any atom is -0.310 e. The summed E-state index contributed by atoms with van der Waals surface area (Å²) in [4.78, 5) is 0. The molecule has 0 aliphatic rings. The summed E-state index contributed by atoms with van der Waals surface area (Å²) in [5.74, 6) is -0.282. The van der Waals surface area contributed by atoms with Gasteiger partial charge in [-0.3, -0.25) is 0 Å². The van der Waals surface area contributed by atoms with E-state index in [4.69, 9.17) is 23.2 Å². The zero-order valence-corrected chi connectivity index (χ0v) is 12.7. The quantitative estimate of drug-likeness (QED) is 0.832. The van der Waals surface area contributed by atoms with Gasteiger partial charge < -0.3 is 5.32 Å². The first-order valence-corrected chi connectivity index (χ1v) is 7.23. The maximum Gasteiger partial charge on any atom is 0.129 e. The number of rotatable bonds is 5. The SMILES string of the molecule is CC(Cc1ccccc1Cl)NCc1c(F)cccc1Cl. The maximum absolute atomic E-state index is 13.6. The molecule has 0 spiro atoms. The Morgan fingerprint density at radius 1 is 1.05 bits per heavy atom. The second kappa shape index (κ2) is 7.07. The Morgan fingerprint density at radius 3 is 2.45 bits per heavy atom. The Hall–Kier alpha value is -1.09. The molecule has 1 nitrogen and oxygen atoms in total. The molecule has 2 aromatic carbocycles. The molecule has 1 N–H and O–H groups in total. The van der Waals surface area contributed by atoms with Gasteiger partial charge >= 0.3 is 0 Å². The Bertz CT molecular complexity index is 566. The van der Waals surface area contributed by atoms with Crippen molar-refractivity contribution in [2.75, 3.05) is 0 Å². The van der Waals surface area contributed by atoms with Crippen LogP contribution < -0.4 is 5.32 Å². The summed E-state index contributed by atoms with van der Waals surface area (Å²) in [7, 11) is 0. The molecule has 0 amide bonds. The highest BCUT2D eigenvalue weighted by atomic mass is 35.5. The number of benzene rings is 2. The standard InChI is InChI=1S/C16H16Cl2FN/c1-11(9-12-5-2-3-6-14(12)17)20-10-13-15(18)7-4-8-16(13)19/h2-8,11,20H,9-10H2,1H3. The van der Waals surface area contributed by atoms with Crippen LogP contribution in [-0.2, 0) is 13.0 Å². The van der Waals surface area contributed by atoms with Crippen LogP contribution in [-0.4, -0.2) is 6.04 Å². The number of nitrogens with one attached hydrogen (secondary N) is 1. The molecule has 0 bridgehead atoms. The van der Waals surface area contributed by atoms with Crippen LogP contribution in [0.3, 0.4) is 0 Å². The largest absolute Gasteiger partial charge is 0.310 e. The Morgan fingerprint density at radius 2 is 1.75 bits per heavy atom. The molecule has 0 fully saturated rings. The third-order valence-electron chi connectivity index (χ3n) is 3.17. The summed E-state index contributed by atoms with van der Waals surface area (Å²) >= 11 is 12.1. The second-order valence-electron chi connectivity index (χ2n) is 4.78. The summed E-state index contributed by atoms with van der Waals surface area (Å²) in [6, 6.07) is 12.6. The number of hydrogen-bond donors (Lipinski definition) is 1. The van der Waals surface area contributed by atoms with Gasteiger partial charge in [-0.1, -0.05) is 47.5 Å². The van der Waals surface area contributed by atoms with Gasteiger partial charge in [0.15, 0.2) is 0 Å². The van der Waals surface area contributed by atoms with Crippen LogP contribution in [0.25, 0.3) is 0 Å². The molecule has 4 heteroatoms. The van der Waals surface area contributed by atoms with Crippen molar-refractivity contribution in [3.8, 4) is 0 Å². The molecular weight excluding hydrogens is 296 g/mol. The zero-order chi connectivity index (χ0) is 14.5. The topological polar surface area (TPSA) is 12.0 Å². The smallest absolute Gasteiger partial charge is 0.129 e. The van der Waals surface area contributed by atoms with Crippen molar-refractivity contribution in [3.05, 3.63) is 69.5 Å². The summed E-state index contributed by atoms with van der Waals surface area (Å²) in [5.41, 5.74) is 1.58. The van der Waals surface area contributed by atoms with Gasteiger partial charge in [0.1, 0.15) is 5.82 Å². The molecule has 0 aromatic heterocycles. The van der Waals surface area contributed by atoms with Crippen LogP contribution in [0.4, 0.5) is 4.39 Å². The lowest BCUT2D eigenvalue weighted by molar-refractivity contribution is 0.525. The summed E-state index contributed by atoms with van der Waals surface area (Å²) in [5, 5.41) is 4.47. The molecule has 1 atom stereocenters. The molecular formula is C16H16Cl2FN. The van der Waals surface area contributed by atoms with E-state index < -0.39 is 0 Å². The maximum atomic E-state index is 13.6. The zero-order valence-electron chi connectivity index (χ0n) is 11.2. The highest BCUT2D eigenvalue weighted by Gasteiger charge is 2.10. The van der Waals surface area contributed by atoms with Gasteiger partial charge in [0.05, 0.1) is 0 Å². The third kappa shape index (κ3) is 3.95. The molecule has 106 valence electrons. The Labute approximate surface area is 128 Å². The van der Waals surface area contributed by atoms with Gasteiger partial charge in [0.25, 0.3) is 0 Å². The molecule has 1 unspecified atom stereocenters. The lowest BCUT2D eigenvalue weighted by Gasteiger charge is -2.15. The first-order chi connectivity index (χ1) is 9.58. The molecule has 2 rings (SSSR count). The fraction of sp³-hybridized carbons (Fsp3) is 0.250. The summed E-state index contributed by atoms with van der Waals surface area (Å²) < 4.78 is 13.6. The molecule has 0 aliphatic carbocycles. The van der Waals surface area contributed by atoms with Crippen molar-refractivity contribution in [1.29, 1.82) is 0 Å². The molecule has 0 saturated heterocycles. The van der Waals surface area contributed by atoms with Gasteiger partial charge in [-0.25, -0.2) is 4.39 Å². The van der Waals surface area contributed by atoms with Crippen molar-refractivity contribution >= 4 is 23.2 Å². The fourth-order valence-corrected chi connectivity index (χ4v) is 2.49. The van der Waals surface area contributed by atoms with E-state index >= 15 is 0 Å². The van der Waals surface area contributed by atoms with E-state index in [1.165, 1.54) is 6.07 Å². The van der Waals surface area contributed by atoms with Crippen LogP contribution in [0, 0.1) is 5.82 Å². The van der Waals surface area contributed by atoms with Crippen molar-refractivity contribution in [3.63, 3.8) is 0 Å². The monoisotopic (exact) mass is 311 g/mol. The third-order valence-corrected chi connectivity index (χ3v) is 3.90. The molecule has 20 heavy (non-hydrogen) atoms. The van der Waals surface area contributed by atoms with E-state index in [1.54, 1.807) is 12.1 Å².